The van der Waals surface area contributed by atoms with Crippen LogP contribution in [0.2, 0.25) is 0 Å². The molecule has 2 aliphatic rings. The summed E-state index contributed by atoms with van der Waals surface area (Å²) in [5, 5.41) is 14.1. The Balaban J connectivity index is 1.45. The summed E-state index contributed by atoms with van der Waals surface area (Å²) in [7, 11) is 1.84. The van der Waals surface area contributed by atoms with Crippen LogP contribution in [0.4, 0.5) is 10.2 Å². The third kappa shape index (κ3) is 3.02. The number of aryl methyl sites for hydroxylation is 1. The van der Waals surface area contributed by atoms with E-state index in [9.17, 15) is 14.3 Å². The molecule has 5 rings (SSSR count). The van der Waals surface area contributed by atoms with Crippen molar-refractivity contribution in [2.75, 3.05) is 11.9 Å². The molecule has 2 aromatic heterocycles. The topological polar surface area (TPSA) is 91.5 Å². The number of halogens is 1. The van der Waals surface area contributed by atoms with Crippen molar-refractivity contribution in [1.82, 2.24) is 15.3 Å². The van der Waals surface area contributed by atoms with Gasteiger partial charge in [0.1, 0.15) is 34.5 Å². The van der Waals surface area contributed by atoms with Gasteiger partial charge in [-0.05, 0) is 38.3 Å². The lowest BCUT2D eigenvalue weighted by atomic mass is 9.96. The Labute approximate surface area is 172 Å². The zero-order valence-corrected chi connectivity index (χ0v) is 16.8. The number of nitrogens with one attached hydrogen (secondary N) is 1. The SMILES string of the molecule is Cc1cc(=O)c2c(O)c(-c3cnc(N(C)[C@@H]4CC5CC[C@H](N5)[C@@H]4F)cn3)ccc2o1. The van der Waals surface area contributed by atoms with Crippen LogP contribution >= 0.6 is 0 Å². The summed E-state index contributed by atoms with van der Waals surface area (Å²) in [6.45, 7) is 1.68. The first-order valence-corrected chi connectivity index (χ1v) is 10.1. The highest BCUT2D eigenvalue weighted by atomic mass is 19.1. The van der Waals surface area contributed by atoms with Gasteiger partial charge in [0.05, 0.1) is 24.1 Å². The summed E-state index contributed by atoms with van der Waals surface area (Å²) in [6.07, 6.45) is 4.77. The monoisotopic (exact) mass is 410 g/mol. The zero-order valence-electron chi connectivity index (χ0n) is 16.8. The lowest BCUT2D eigenvalue weighted by Crippen LogP contribution is -2.55. The maximum Gasteiger partial charge on any atom is 0.196 e. The molecule has 0 amide bonds. The molecule has 7 nitrogen and oxygen atoms in total. The molecule has 0 spiro atoms. The summed E-state index contributed by atoms with van der Waals surface area (Å²) in [4.78, 5) is 23.0. The summed E-state index contributed by atoms with van der Waals surface area (Å²) in [5.74, 6) is 0.864. The van der Waals surface area contributed by atoms with Crippen molar-refractivity contribution >= 4 is 16.8 Å². The number of phenols is 1. The van der Waals surface area contributed by atoms with Crippen LogP contribution in [0, 0.1) is 6.92 Å². The van der Waals surface area contributed by atoms with Gasteiger partial charge < -0.3 is 19.7 Å². The average molecular weight is 410 g/mol. The molecular formula is C22H23FN4O3. The number of nitrogens with zero attached hydrogens (tertiary/aromatic N) is 3. The molecule has 0 aliphatic carbocycles. The number of phenolic OH excluding ortho intramolecular Hbond substituents is 1. The number of anilines is 1. The summed E-state index contributed by atoms with van der Waals surface area (Å²) in [5.41, 5.74) is 0.823. The molecule has 3 aromatic rings. The van der Waals surface area contributed by atoms with E-state index in [1.165, 1.54) is 12.3 Å². The minimum atomic E-state index is -0.956. The van der Waals surface area contributed by atoms with Crippen molar-refractivity contribution in [3.05, 3.63) is 46.6 Å². The van der Waals surface area contributed by atoms with Crippen molar-refractivity contribution in [2.24, 2.45) is 0 Å². The summed E-state index contributed by atoms with van der Waals surface area (Å²) in [6, 6.07) is 4.65. The molecule has 1 unspecified atom stereocenters. The molecule has 2 fully saturated rings. The van der Waals surface area contributed by atoms with Gasteiger partial charge in [-0.1, -0.05) is 0 Å². The highest BCUT2D eigenvalue weighted by Crippen LogP contribution is 2.35. The Morgan fingerprint density at radius 3 is 2.87 bits per heavy atom. The van der Waals surface area contributed by atoms with Crippen LogP contribution in [0.3, 0.4) is 0 Å². The fourth-order valence-corrected chi connectivity index (χ4v) is 4.72. The van der Waals surface area contributed by atoms with Crippen molar-refractivity contribution in [3.8, 4) is 17.0 Å². The van der Waals surface area contributed by atoms with Crippen LogP contribution in [0.25, 0.3) is 22.2 Å². The molecule has 0 radical (unpaired) electrons. The van der Waals surface area contributed by atoms with Gasteiger partial charge in [0.25, 0.3) is 0 Å². The van der Waals surface area contributed by atoms with Gasteiger partial charge in [0, 0.05) is 30.8 Å². The largest absolute Gasteiger partial charge is 0.506 e. The number of benzene rings is 1. The molecule has 2 bridgehead atoms. The highest BCUT2D eigenvalue weighted by molar-refractivity contribution is 5.90. The van der Waals surface area contributed by atoms with Gasteiger partial charge in [-0.25, -0.2) is 9.37 Å². The first kappa shape index (κ1) is 19.0. The van der Waals surface area contributed by atoms with Gasteiger partial charge >= 0.3 is 0 Å². The van der Waals surface area contributed by atoms with Crippen molar-refractivity contribution in [3.63, 3.8) is 0 Å². The second-order valence-electron chi connectivity index (χ2n) is 8.22. The van der Waals surface area contributed by atoms with E-state index in [-0.39, 0.29) is 28.6 Å². The number of aromatic nitrogens is 2. The van der Waals surface area contributed by atoms with E-state index in [1.54, 1.807) is 25.3 Å². The molecule has 30 heavy (non-hydrogen) atoms. The lowest BCUT2D eigenvalue weighted by Gasteiger charge is -2.38. The maximum absolute atomic E-state index is 14.9. The summed E-state index contributed by atoms with van der Waals surface area (Å²) >= 11 is 0. The number of fused-ring (bicyclic) bond motifs is 3. The molecule has 8 heteroatoms. The van der Waals surface area contributed by atoms with Gasteiger partial charge in [0.2, 0.25) is 0 Å². The highest BCUT2D eigenvalue weighted by Gasteiger charge is 2.43. The number of rotatable bonds is 3. The van der Waals surface area contributed by atoms with Crippen molar-refractivity contribution < 1.29 is 13.9 Å². The van der Waals surface area contributed by atoms with Crippen molar-refractivity contribution in [2.45, 2.75) is 50.5 Å². The molecule has 2 saturated heterocycles. The molecule has 4 atom stereocenters. The number of piperidine rings is 1. The Morgan fingerprint density at radius 1 is 1.27 bits per heavy atom. The maximum atomic E-state index is 14.9. The van der Waals surface area contributed by atoms with Crippen LogP contribution in [-0.2, 0) is 0 Å². The molecule has 4 heterocycles. The Hall–Kier alpha value is -3.00. The van der Waals surface area contributed by atoms with Gasteiger partial charge in [-0.15, -0.1) is 0 Å². The number of hydrogen-bond donors (Lipinski definition) is 2. The zero-order chi connectivity index (χ0) is 21.0. The predicted molar refractivity (Wildman–Crippen MR) is 112 cm³/mol. The van der Waals surface area contributed by atoms with E-state index in [2.05, 4.69) is 15.3 Å². The van der Waals surface area contributed by atoms with E-state index in [0.29, 0.717) is 34.5 Å². The Bertz CT molecular complexity index is 1160. The Kier molecular flexibility index (Phi) is 4.47. The molecule has 0 saturated carbocycles. The standard InChI is InChI=1S/C22H23FN4O3/c1-11-7-17(28)20-18(30-11)6-4-13(22(20)29)15-9-25-19(10-24-15)27(2)16-8-12-3-5-14(26-12)21(16)23/h4,6-7,9-10,12,14,16,21,26,29H,3,5,8H2,1-2H3/t12?,14-,16+,21-/m0/s1. The first-order chi connectivity index (χ1) is 14.4. The third-order valence-electron chi connectivity index (χ3n) is 6.32. The van der Waals surface area contributed by atoms with Crippen LogP contribution in [0.15, 0.2) is 39.8 Å². The fourth-order valence-electron chi connectivity index (χ4n) is 4.72. The van der Waals surface area contributed by atoms with E-state index in [4.69, 9.17) is 4.42 Å². The molecule has 2 N–H and O–H groups in total. The van der Waals surface area contributed by atoms with Crippen LogP contribution < -0.4 is 15.6 Å². The van der Waals surface area contributed by atoms with Crippen LogP contribution in [0.5, 0.6) is 5.75 Å². The predicted octanol–water partition coefficient (Wildman–Crippen LogP) is 2.93. The van der Waals surface area contributed by atoms with Crippen LogP contribution in [-0.4, -0.2) is 46.4 Å². The second-order valence-corrected chi connectivity index (χ2v) is 8.22. The minimum Gasteiger partial charge on any atom is -0.506 e. The first-order valence-electron chi connectivity index (χ1n) is 10.1. The van der Waals surface area contributed by atoms with E-state index < -0.39 is 6.17 Å². The lowest BCUT2D eigenvalue weighted by molar-refractivity contribution is 0.176. The van der Waals surface area contributed by atoms with E-state index >= 15 is 0 Å². The fraction of sp³-hybridized carbons (Fsp3) is 0.409. The summed E-state index contributed by atoms with van der Waals surface area (Å²) < 4.78 is 20.4. The number of alkyl halides is 1. The van der Waals surface area contributed by atoms with Crippen LogP contribution in [0.1, 0.15) is 25.0 Å². The number of aromatic hydroxyl groups is 1. The van der Waals surface area contributed by atoms with Gasteiger partial charge in [-0.2, -0.15) is 0 Å². The molecule has 1 aromatic carbocycles. The average Bonchev–Trinajstić information content (AvgIpc) is 3.14. The smallest absolute Gasteiger partial charge is 0.196 e. The normalized spacial score (nSPS) is 25.6. The van der Waals surface area contributed by atoms with E-state index in [0.717, 1.165) is 19.3 Å². The third-order valence-corrected chi connectivity index (χ3v) is 6.32. The Morgan fingerprint density at radius 2 is 2.10 bits per heavy atom. The minimum absolute atomic E-state index is 0.0895. The molecule has 2 aliphatic heterocycles. The molecule has 156 valence electrons. The van der Waals surface area contributed by atoms with Crippen molar-refractivity contribution in [1.29, 1.82) is 0 Å². The van der Waals surface area contributed by atoms with E-state index in [1.807, 2.05) is 11.9 Å². The van der Waals surface area contributed by atoms with Gasteiger partial charge in [-0.3, -0.25) is 9.78 Å². The number of hydrogen-bond acceptors (Lipinski definition) is 7. The second kappa shape index (κ2) is 7.05. The quantitative estimate of drug-likeness (QED) is 0.686. The van der Waals surface area contributed by atoms with Gasteiger partial charge in [0.15, 0.2) is 5.43 Å². The molecular weight excluding hydrogens is 387 g/mol.